The lowest BCUT2D eigenvalue weighted by molar-refractivity contribution is 0.611. The van der Waals surface area contributed by atoms with Crippen molar-refractivity contribution >= 4 is 11.8 Å². The number of rotatable bonds is 11. The average molecular weight is 229 g/mol. The minimum absolute atomic E-state index is 0.802. The lowest BCUT2D eigenvalue weighted by Gasteiger charge is -1.97. The van der Waals surface area contributed by atoms with Gasteiger partial charge in [0.25, 0.3) is 0 Å². The third kappa shape index (κ3) is 14.1. The van der Waals surface area contributed by atoms with E-state index in [1.807, 2.05) is 11.8 Å². The molecule has 0 bridgehead atoms. The quantitative estimate of drug-likeness (QED) is 0.428. The smallest absolute Gasteiger partial charge is 0.0113 e. The molecule has 0 radical (unpaired) electrons. The van der Waals surface area contributed by atoms with E-state index in [0.717, 1.165) is 18.1 Å². The molecule has 0 unspecified atom stereocenters. The first kappa shape index (κ1) is 15.0. The van der Waals surface area contributed by atoms with E-state index in [-0.39, 0.29) is 0 Å². The highest BCUT2D eigenvalue weighted by molar-refractivity contribution is 7.99. The molecule has 0 aliphatic rings. The highest BCUT2D eigenvalue weighted by Crippen LogP contribution is 2.07. The molecule has 0 heterocycles. The summed E-state index contributed by atoms with van der Waals surface area (Å²) in [4.78, 5) is 0. The van der Waals surface area contributed by atoms with Crippen molar-refractivity contribution in [2.24, 2.45) is 5.73 Å². The van der Waals surface area contributed by atoms with E-state index in [4.69, 9.17) is 5.73 Å². The Morgan fingerprint density at radius 1 is 1.00 bits per heavy atom. The number of thioether (sulfide) groups is 1. The van der Waals surface area contributed by atoms with Gasteiger partial charge in [-0.25, -0.2) is 0 Å². The number of hydrogen-bond donors (Lipinski definition) is 1. The molecule has 0 aromatic heterocycles. The van der Waals surface area contributed by atoms with E-state index < -0.39 is 0 Å². The van der Waals surface area contributed by atoms with Gasteiger partial charge in [0.1, 0.15) is 0 Å². The summed E-state index contributed by atoms with van der Waals surface area (Å²) in [6.07, 6.45) is 14.2. The summed E-state index contributed by atoms with van der Waals surface area (Å²) in [5.41, 5.74) is 5.40. The fourth-order valence-electron chi connectivity index (χ4n) is 1.46. The molecule has 0 aromatic rings. The summed E-state index contributed by atoms with van der Waals surface area (Å²) < 4.78 is 0. The summed E-state index contributed by atoms with van der Waals surface area (Å²) in [5, 5.41) is 0. The Kier molecular flexibility index (Phi) is 14.1. The Hall–Kier alpha value is 0.0500. The molecule has 0 spiro atoms. The summed E-state index contributed by atoms with van der Waals surface area (Å²) >= 11 is 1.92. The molecular formula is C13H27NS. The first-order valence-corrected chi connectivity index (χ1v) is 7.50. The fourth-order valence-corrected chi connectivity index (χ4v) is 2.07. The summed E-state index contributed by atoms with van der Waals surface area (Å²) in [7, 11) is 0. The topological polar surface area (TPSA) is 26.0 Å². The second-order valence-electron chi connectivity index (χ2n) is 3.89. The Morgan fingerprint density at radius 3 is 2.47 bits per heavy atom. The van der Waals surface area contributed by atoms with Crippen molar-refractivity contribution in [3.63, 3.8) is 0 Å². The summed E-state index contributed by atoms with van der Waals surface area (Å²) in [6, 6.07) is 0. The van der Waals surface area contributed by atoms with E-state index in [9.17, 15) is 0 Å². The minimum Gasteiger partial charge on any atom is -0.330 e. The van der Waals surface area contributed by atoms with Gasteiger partial charge in [-0.3, -0.25) is 0 Å². The van der Waals surface area contributed by atoms with Crippen molar-refractivity contribution in [1.82, 2.24) is 0 Å². The van der Waals surface area contributed by atoms with Crippen LogP contribution in [0.25, 0.3) is 0 Å². The van der Waals surface area contributed by atoms with Gasteiger partial charge < -0.3 is 5.73 Å². The lowest BCUT2D eigenvalue weighted by atomic mass is 10.1. The van der Waals surface area contributed by atoms with E-state index in [1.54, 1.807) is 0 Å². The van der Waals surface area contributed by atoms with Gasteiger partial charge in [0.15, 0.2) is 0 Å². The van der Waals surface area contributed by atoms with Gasteiger partial charge in [0.05, 0.1) is 0 Å². The number of nitrogens with two attached hydrogens (primary N) is 1. The molecule has 0 aliphatic heterocycles. The monoisotopic (exact) mass is 229 g/mol. The molecule has 0 amide bonds. The van der Waals surface area contributed by atoms with Crippen LogP contribution in [0.3, 0.4) is 0 Å². The summed E-state index contributed by atoms with van der Waals surface area (Å²) in [6.45, 7) is 3.07. The van der Waals surface area contributed by atoms with E-state index in [1.165, 1.54) is 44.9 Å². The van der Waals surface area contributed by atoms with Gasteiger partial charge in [-0.1, -0.05) is 51.2 Å². The van der Waals surface area contributed by atoms with Crippen molar-refractivity contribution < 1.29 is 0 Å². The van der Waals surface area contributed by atoms with Crippen LogP contribution in [0.1, 0.15) is 51.9 Å². The standard InChI is InChI=1S/C13H27NS/c1-2-3-4-5-6-7-8-9-10-12-15-13-11-14/h9-10H,2-8,11-14H2,1H3. The van der Waals surface area contributed by atoms with Gasteiger partial charge in [0, 0.05) is 18.1 Å². The van der Waals surface area contributed by atoms with Crippen molar-refractivity contribution in [1.29, 1.82) is 0 Å². The van der Waals surface area contributed by atoms with Crippen LogP contribution in [0.5, 0.6) is 0 Å². The van der Waals surface area contributed by atoms with Crippen LogP contribution in [0.2, 0.25) is 0 Å². The Bertz CT molecular complexity index is 134. The Balaban J connectivity index is 2.96. The lowest BCUT2D eigenvalue weighted by Crippen LogP contribution is -2.01. The van der Waals surface area contributed by atoms with Crippen LogP contribution in [0.15, 0.2) is 12.2 Å². The maximum Gasteiger partial charge on any atom is 0.0113 e. The maximum absolute atomic E-state index is 5.40. The fraction of sp³-hybridized carbons (Fsp3) is 0.846. The van der Waals surface area contributed by atoms with E-state index in [0.29, 0.717) is 0 Å². The predicted octanol–water partition coefficient (Wildman–Crippen LogP) is 3.99. The average Bonchev–Trinajstić information content (AvgIpc) is 2.26. The summed E-state index contributed by atoms with van der Waals surface area (Å²) in [5.74, 6) is 2.22. The van der Waals surface area contributed by atoms with Gasteiger partial charge in [-0.2, -0.15) is 11.8 Å². The molecule has 0 fully saturated rings. The highest BCUT2D eigenvalue weighted by Gasteiger charge is 1.88. The number of allylic oxidation sites excluding steroid dienone is 1. The molecule has 1 nitrogen and oxygen atoms in total. The van der Waals surface area contributed by atoms with Crippen LogP contribution in [-0.4, -0.2) is 18.1 Å². The van der Waals surface area contributed by atoms with Crippen molar-refractivity contribution in [3.05, 3.63) is 12.2 Å². The Labute approximate surface area is 99.9 Å². The van der Waals surface area contributed by atoms with Gasteiger partial charge in [-0.15, -0.1) is 0 Å². The second-order valence-corrected chi connectivity index (χ2v) is 5.04. The zero-order valence-corrected chi connectivity index (χ0v) is 11.0. The van der Waals surface area contributed by atoms with E-state index >= 15 is 0 Å². The zero-order valence-electron chi connectivity index (χ0n) is 10.2. The maximum atomic E-state index is 5.40. The van der Waals surface area contributed by atoms with Crippen molar-refractivity contribution in [3.8, 4) is 0 Å². The van der Waals surface area contributed by atoms with Crippen LogP contribution < -0.4 is 5.73 Å². The van der Waals surface area contributed by atoms with Crippen LogP contribution in [0.4, 0.5) is 0 Å². The zero-order chi connectivity index (χ0) is 11.2. The van der Waals surface area contributed by atoms with E-state index in [2.05, 4.69) is 19.1 Å². The minimum atomic E-state index is 0.802. The number of hydrogen-bond acceptors (Lipinski definition) is 2. The molecule has 2 N–H and O–H groups in total. The van der Waals surface area contributed by atoms with Gasteiger partial charge in [0.2, 0.25) is 0 Å². The molecule has 0 aliphatic carbocycles. The van der Waals surface area contributed by atoms with Crippen LogP contribution in [-0.2, 0) is 0 Å². The number of unbranched alkanes of at least 4 members (excludes halogenated alkanes) is 6. The van der Waals surface area contributed by atoms with Crippen molar-refractivity contribution in [2.45, 2.75) is 51.9 Å². The van der Waals surface area contributed by atoms with Crippen molar-refractivity contribution in [2.75, 3.05) is 18.1 Å². The molecule has 90 valence electrons. The molecular weight excluding hydrogens is 202 g/mol. The Morgan fingerprint density at radius 2 is 1.73 bits per heavy atom. The van der Waals surface area contributed by atoms with Gasteiger partial charge >= 0.3 is 0 Å². The molecule has 0 rings (SSSR count). The molecule has 0 saturated carbocycles. The normalized spacial score (nSPS) is 11.3. The molecule has 0 atom stereocenters. The predicted molar refractivity (Wildman–Crippen MR) is 73.5 cm³/mol. The second kappa shape index (κ2) is 14.1. The molecule has 15 heavy (non-hydrogen) atoms. The first-order valence-electron chi connectivity index (χ1n) is 6.34. The van der Waals surface area contributed by atoms with Crippen LogP contribution >= 0.6 is 11.8 Å². The van der Waals surface area contributed by atoms with Crippen LogP contribution in [0, 0.1) is 0 Å². The molecule has 0 saturated heterocycles. The van der Waals surface area contributed by atoms with Gasteiger partial charge in [-0.05, 0) is 12.8 Å². The first-order chi connectivity index (χ1) is 7.41. The molecule has 2 heteroatoms. The molecule has 0 aromatic carbocycles. The third-order valence-corrected chi connectivity index (χ3v) is 3.32. The third-order valence-electron chi connectivity index (χ3n) is 2.37. The SMILES string of the molecule is CCCCCCCCC=CCSCCN. The highest BCUT2D eigenvalue weighted by atomic mass is 32.2. The largest absolute Gasteiger partial charge is 0.330 e.